The average molecular weight is 404 g/mol. The first-order valence-corrected chi connectivity index (χ1v) is 10.2. The molecule has 1 aliphatic rings. The second-order valence-corrected chi connectivity index (χ2v) is 7.74. The Morgan fingerprint density at radius 1 is 0.966 bits per heavy atom. The van der Waals surface area contributed by atoms with E-state index in [9.17, 15) is 9.59 Å². The molecule has 1 aliphatic heterocycles. The lowest BCUT2D eigenvalue weighted by molar-refractivity contribution is -0.135. The Bertz CT molecular complexity index is 1020. The number of esters is 1. The van der Waals surface area contributed by atoms with Crippen LogP contribution in [-0.4, -0.2) is 34.9 Å². The maximum Gasteiger partial charge on any atom is 0.341 e. The normalized spacial score (nSPS) is 12.9. The fourth-order valence-electron chi connectivity index (χ4n) is 3.23. The van der Waals surface area contributed by atoms with Gasteiger partial charge in [0.25, 0.3) is 5.91 Å². The predicted octanol–water partition coefficient (Wildman–Crippen LogP) is 3.97. The summed E-state index contributed by atoms with van der Waals surface area (Å²) < 4.78 is 5.33. The van der Waals surface area contributed by atoms with Gasteiger partial charge in [0.05, 0.1) is 5.56 Å². The molecule has 3 aromatic rings. The van der Waals surface area contributed by atoms with Crippen molar-refractivity contribution in [1.82, 2.24) is 9.88 Å². The van der Waals surface area contributed by atoms with Crippen molar-refractivity contribution < 1.29 is 14.3 Å². The zero-order valence-electron chi connectivity index (χ0n) is 15.8. The summed E-state index contributed by atoms with van der Waals surface area (Å²) in [5, 5.41) is 0.558. The molecule has 2 aromatic carbocycles. The Hall–Kier alpha value is -3.12. The molecule has 0 atom stereocenters. The number of carbonyl (C=O) groups excluding carboxylic acids is 2. The summed E-state index contributed by atoms with van der Waals surface area (Å²) in [6.07, 6.45) is 2.45. The number of carbonyl (C=O) groups is 2. The summed E-state index contributed by atoms with van der Waals surface area (Å²) in [7, 11) is 0. The molecule has 0 aliphatic carbocycles. The zero-order valence-corrected chi connectivity index (χ0v) is 16.6. The molecule has 29 heavy (non-hydrogen) atoms. The molecule has 0 spiro atoms. The predicted molar refractivity (Wildman–Crippen MR) is 111 cm³/mol. The van der Waals surface area contributed by atoms with Crippen molar-refractivity contribution in [2.24, 2.45) is 0 Å². The topological polar surface area (TPSA) is 59.5 Å². The number of benzene rings is 2. The van der Waals surface area contributed by atoms with E-state index in [-0.39, 0.29) is 12.5 Å². The molecule has 2 heterocycles. The Morgan fingerprint density at radius 3 is 2.55 bits per heavy atom. The number of hydrogen-bond donors (Lipinski definition) is 0. The first-order valence-electron chi connectivity index (χ1n) is 9.40. The third-order valence-electron chi connectivity index (χ3n) is 4.76. The van der Waals surface area contributed by atoms with Gasteiger partial charge in [0.1, 0.15) is 5.03 Å². The van der Waals surface area contributed by atoms with Gasteiger partial charge in [-0.15, -0.1) is 0 Å². The average Bonchev–Trinajstić information content (AvgIpc) is 2.78. The number of nitrogens with zero attached hydrogens (tertiary/aromatic N) is 2. The molecule has 0 N–H and O–H groups in total. The van der Waals surface area contributed by atoms with Gasteiger partial charge in [-0.05, 0) is 41.8 Å². The van der Waals surface area contributed by atoms with E-state index in [1.54, 1.807) is 23.2 Å². The molecule has 6 heteroatoms. The number of pyridine rings is 1. The van der Waals surface area contributed by atoms with Crippen molar-refractivity contribution >= 4 is 23.6 Å². The minimum absolute atomic E-state index is 0.186. The molecule has 0 bridgehead atoms. The summed E-state index contributed by atoms with van der Waals surface area (Å²) in [5.41, 5.74) is 2.77. The lowest BCUT2D eigenvalue weighted by Crippen LogP contribution is -2.38. The van der Waals surface area contributed by atoms with Crippen molar-refractivity contribution in [3.05, 3.63) is 89.6 Å². The highest BCUT2D eigenvalue weighted by Crippen LogP contribution is 2.28. The second-order valence-electron chi connectivity index (χ2n) is 6.68. The van der Waals surface area contributed by atoms with Crippen LogP contribution in [0.5, 0.6) is 0 Å². The van der Waals surface area contributed by atoms with E-state index < -0.39 is 5.97 Å². The fourth-order valence-corrected chi connectivity index (χ4v) is 4.12. The number of rotatable bonds is 5. The minimum Gasteiger partial charge on any atom is -0.452 e. The van der Waals surface area contributed by atoms with E-state index in [0.29, 0.717) is 23.7 Å². The van der Waals surface area contributed by atoms with Crippen LogP contribution < -0.4 is 0 Å². The van der Waals surface area contributed by atoms with Crippen LogP contribution in [0.2, 0.25) is 0 Å². The molecule has 1 amide bonds. The molecule has 0 unspecified atom stereocenters. The molecule has 0 fully saturated rings. The first kappa shape index (κ1) is 19.2. The highest BCUT2D eigenvalue weighted by molar-refractivity contribution is 7.99. The number of fused-ring (bicyclic) bond motifs is 1. The van der Waals surface area contributed by atoms with E-state index in [4.69, 9.17) is 4.74 Å². The van der Waals surface area contributed by atoms with Crippen molar-refractivity contribution in [2.75, 3.05) is 13.2 Å². The summed E-state index contributed by atoms with van der Waals surface area (Å²) >= 11 is 1.39. The Kier molecular flexibility index (Phi) is 5.91. The number of aromatic nitrogens is 1. The molecular formula is C23H20N2O3S. The van der Waals surface area contributed by atoms with Crippen molar-refractivity contribution in [3.8, 4) is 0 Å². The summed E-state index contributed by atoms with van der Waals surface area (Å²) in [4.78, 5) is 32.2. The smallest absolute Gasteiger partial charge is 0.341 e. The quantitative estimate of drug-likeness (QED) is 0.602. The number of ether oxygens (including phenoxy) is 1. The fraction of sp³-hybridized carbons (Fsp3) is 0.174. The van der Waals surface area contributed by atoms with Crippen LogP contribution in [-0.2, 0) is 22.5 Å². The standard InChI is InChI=1S/C23H20N2O3S/c26-21(25-14-12-17-7-4-5-8-18(17)15-25)16-28-23(27)20-11-6-13-24-22(20)29-19-9-2-1-3-10-19/h1-11,13H,12,14-16H2. The number of amides is 1. The van der Waals surface area contributed by atoms with Crippen LogP contribution in [0.3, 0.4) is 0 Å². The lowest BCUT2D eigenvalue weighted by Gasteiger charge is -2.28. The third kappa shape index (κ3) is 4.66. The Morgan fingerprint density at radius 2 is 1.72 bits per heavy atom. The van der Waals surface area contributed by atoms with Crippen LogP contribution >= 0.6 is 11.8 Å². The van der Waals surface area contributed by atoms with Gasteiger partial charge in [-0.1, -0.05) is 54.2 Å². The largest absolute Gasteiger partial charge is 0.452 e. The van der Waals surface area contributed by atoms with Gasteiger partial charge in [0, 0.05) is 24.2 Å². The zero-order chi connectivity index (χ0) is 20.1. The maximum absolute atomic E-state index is 12.6. The molecule has 1 aromatic heterocycles. The molecule has 0 saturated carbocycles. The van der Waals surface area contributed by atoms with Crippen LogP contribution in [0.4, 0.5) is 0 Å². The molecule has 5 nitrogen and oxygen atoms in total. The van der Waals surface area contributed by atoms with Crippen LogP contribution in [0, 0.1) is 0 Å². The van der Waals surface area contributed by atoms with Crippen LogP contribution in [0.1, 0.15) is 21.5 Å². The Labute approximate surface area is 173 Å². The molecule has 0 saturated heterocycles. The highest BCUT2D eigenvalue weighted by Gasteiger charge is 2.22. The van der Waals surface area contributed by atoms with Crippen molar-refractivity contribution in [2.45, 2.75) is 22.9 Å². The van der Waals surface area contributed by atoms with Crippen LogP contribution in [0.15, 0.2) is 82.8 Å². The van der Waals surface area contributed by atoms with E-state index in [0.717, 1.165) is 16.9 Å². The first-order chi connectivity index (χ1) is 14.2. The molecule has 0 radical (unpaired) electrons. The van der Waals surface area contributed by atoms with Gasteiger partial charge in [-0.25, -0.2) is 9.78 Å². The molecular weight excluding hydrogens is 384 g/mol. The monoisotopic (exact) mass is 404 g/mol. The molecule has 146 valence electrons. The van der Waals surface area contributed by atoms with Gasteiger partial charge in [-0.2, -0.15) is 0 Å². The summed E-state index contributed by atoms with van der Waals surface area (Å²) in [5.74, 6) is -0.726. The van der Waals surface area contributed by atoms with Gasteiger partial charge < -0.3 is 9.64 Å². The van der Waals surface area contributed by atoms with Crippen molar-refractivity contribution in [1.29, 1.82) is 0 Å². The van der Waals surface area contributed by atoms with Gasteiger partial charge >= 0.3 is 5.97 Å². The SMILES string of the molecule is O=C(OCC(=O)N1CCc2ccccc2C1)c1cccnc1Sc1ccccc1. The third-order valence-corrected chi connectivity index (χ3v) is 5.79. The highest BCUT2D eigenvalue weighted by atomic mass is 32.2. The van der Waals surface area contributed by atoms with Crippen molar-refractivity contribution in [3.63, 3.8) is 0 Å². The van der Waals surface area contributed by atoms with E-state index >= 15 is 0 Å². The van der Waals surface area contributed by atoms with Gasteiger partial charge in [0.15, 0.2) is 6.61 Å². The van der Waals surface area contributed by atoms with E-state index in [1.807, 2.05) is 48.5 Å². The summed E-state index contributed by atoms with van der Waals surface area (Å²) in [6, 6.07) is 21.2. The van der Waals surface area contributed by atoms with E-state index in [1.165, 1.54) is 17.3 Å². The lowest BCUT2D eigenvalue weighted by atomic mass is 10.00. The maximum atomic E-state index is 12.6. The molecule has 4 rings (SSSR count). The van der Waals surface area contributed by atoms with Crippen LogP contribution in [0.25, 0.3) is 0 Å². The second kappa shape index (κ2) is 8.92. The van der Waals surface area contributed by atoms with E-state index in [2.05, 4.69) is 11.1 Å². The number of hydrogen-bond acceptors (Lipinski definition) is 5. The van der Waals surface area contributed by atoms with Gasteiger partial charge in [-0.3, -0.25) is 4.79 Å². The summed E-state index contributed by atoms with van der Waals surface area (Å²) in [6.45, 7) is 0.912. The van der Waals surface area contributed by atoms with Gasteiger partial charge in [0.2, 0.25) is 0 Å². The Balaban J connectivity index is 1.38. The minimum atomic E-state index is -0.540.